The minimum absolute atomic E-state index is 0.0448. The Hall–Kier alpha value is -1.91. The van der Waals surface area contributed by atoms with Crippen molar-refractivity contribution in [1.29, 1.82) is 0 Å². The van der Waals surface area contributed by atoms with Crippen molar-refractivity contribution in [3.8, 4) is 17.2 Å². The van der Waals surface area contributed by atoms with E-state index in [0.717, 1.165) is 36.5 Å². The van der Waals surface area contributed by atoms with E-state index in [1.807, 2.05) is 12.1 Å². The van der Waals surface area contributed by atoms with E-state index in [1.165, 1.54) is 6.26 Å². The van der Waals surface area contributed by atoms with Gasteiger partial charge in [0.1, 0.15) is 0 Å². The highest BCUT2D eigenvalue weighted by atomic mass is 32.2. The van der Waals surface area contributed by atoms with E-state index >= 15 is 0 Å². The maximum absolute atomic E-state index is 12.0. The van der Waals surface area contributed by atoms with Crippen LogP contribution in [-0.2, 0) is 16.4 Å². The number of piperidine rings is 1. The monoisotopic (exact) mass is 427 g/mol. The Morgan fingerprint density at radius 3 is 2.57 bits per heavy atom. The number of ether oxygens (including phenoxy) is 3. The smallest absolute Gasteiger partial charge is 0.203 e. The molecule has 0 aliphatic carbocycles. The highest BCUT2D eigenvalue weighted by Crippen LogP contribution is 2.41. The van der Waals surface area contributed by atoms with Crippen LogP contribution in [0.2, 0.25) is 0 Å². The molecular weight excluding hydrogens is 402 g/mol. The fourth-order valence-electron chi connectivity index (χ4n) is 3.65. The number of methoxy groups -OCH3 is 3. The molecule has 2 heterocycles. The second kappa shape index (κ2) is 8.62. The number of nitrogens with zero attached hydrogens (tertiary/aromatic N) is 3. The standard InChI is InChI=1S/C18H25N3O5S2/c1-24-14-8-7-13(16(25-2)17(14)26-3)11-21-9-5-6-12(10-21)15-18(27-20-19-15)28(4,22)23/h7-8,12H,5-6,9-11H2,1-4H3/t12-/m1/s1. The average molecular weight is 428 g/mol. The van der Waals surface area contributed by atoms with E-state index in [1.54, 1.807) is 21.3 Å². The predicted octanol–water partition coefficient (Wildman–Crippen LogP) is 2.35. The van der Waals surface area contributed by atoms with E-state index in [-0.39, 0.29) is 10.1 Å². The van der Waals surface area contributed by atoms with Crippen LogP contribution < -0.4 is 14.2 Å². The summed E-state index contributed by atoms with van der Waals surface area (Å²) < 4.78 is 44.6. The van der Waals surface area contributed by atoms with Crippen LogP contribution in [0.5, 0.6) is 17.2 Å². The van der Waals surface area contributed by atoms with Gasteiger partial charge in [-0.15, -0.1) is 5.10 Å². The van der Waals surface area contributed by atoms with Gasteiger partial charge in [0.25, 0.3) is 0 Å². The Balaban J connectivity index is 1.82. The van der Waals surface area contributed by atoms with Crippen LogP contribution in [0.25, 0.3) is 0 Å². The fourth-order valence-corrected chi connectivity index (χ4v) is 5.38. The number of sulfone groups is 1. The maximum Gasteiger partial charge on any atom is 0.203 e. The fraction of sp³-hybridized carbons (Fsp3) is 0.556. The van der Waals surface area contributed by atoms with Crippen LogP contribution in [0, 0.1) is 0 Å². The first-order valence-electron chi connectivity index (χ1n) is 8.91. The molecule has 8 nitrogen and oxygen atoms in total. The molecule has 0 saturated carbocycles. The Morgan fingerprint density at radius 2 is 1.93 bits per heavy atom. The van der Waals surface area contributed by atoms with E-state index in [4.69, 9.17) is 14.2 Å². The lowest BCUT2D eigenvalue weighted by Crippen LogP contribution is -2.34. The van der Waals surface area contributed by atoms with E-state index < -0.39 is 9.84 Å². The number of hydrogen-bond acceptors (Lipinski definition) is 9. The number of likely N-dealkylation sites (tertiary alicyclic amines) is 1. The second-order valence-electron chi connectivity index (χ2n) is 6.79. The van der Waals surface area contributed by atoms with Gasteiger partial charge in [-0.2, -0.15) is 0 Å². The molecule has 0 unspecified atom stereocenters. The van der Waals surface area contributed by atoms with Gasteiger partial charge < -0.3 is 14.2 Å². The van der Waals surface area contributed by atoms with Gasteiger partial charge in [0, 0.05) is 42.4 Å². The third kappa shape index (κ3) is 4.23. The first-order chi connectivity index (χ1) is 13.4. The highest BCUT2D eigenvalue weighted by Gasteiger charge is 2.30. The topological polar surface area (TPSA) is 90.9 Å². The number of aromatic nitrogens is 2. The Bertz CT molecular complexity index is 929. The van der Waals surface area contributed by atoms with Crippen molar-refractivity contribution in [3.05, 3.63) is 23.4 Å². The molecule has 1 aliphatic heterocycles. The molecule has 0 radical (unpaired) electrons. The summed E-state index contributed by atoms with van der Waals surface area (Å²) >= 11 is 0.952. The van der Waals surface area contributed by atoms with Gasteiger partial charge in [-0.1, -0.05) is 10.6 Å². The molecule has 1 aromatic heterocycles. The summed E-state index contributed by atoms with van der Waals surface area (Å²) in [6.07, 6.45) is 3.06. The number of hydrogen-bond donors (Lipinski definition) is 0. The molecule has 154 valence electrons. The maximum atomic E-state index is 12.0. The lowest BCUT2D eigenvalue weighted by Gasteiger charge is -2.32. The van der Waals surface area contributed by atoms with Gasteiger partial charge >= 0.3 is 0 Å². The van der Waals surface area contributed by atoms with Crippen molar-refractivity contribution < 1.29 is 22.6 Å². The van der Waals surface area contributed by atoms with Gasteiger partial charge in [-0.05, 0) is 25.5 Å². The normalized spacial score (nSPS) is 18.1. The zero-order valence-corrected chi connectivity index (χ0v) is 18.1. The molecule has 1 fully saturated rings. The zero-order chi connectivity index (χ0) is 20.3. The molecular formula is C18H25N3O5S2. The lowest BCUT2D eigenvalue weighted by molar-refractivity contribution is 0.194. The summed E-state index contributed by atoms with van der Waals surface area (Å²) in [6.45, 7) is 2.29. The van der Waals surface area contributed by atoms with Crippen molar-refractivity contribution in [2.24, 2.45) is 0 Å². The van der Waals surface area contributed by atoms with Gasteiger partial charge in [0.2, 0.25) is 5.75 Å². The van der Waals surface area contributed by atoms with Crippen molar-refractivity contribution in [1.82, 2.24) is 14.5 Å². The summed E-state index contributed by atoms with van der Waals surface area (Å²) in [5, 5.41) is 4.13. The van der Waals surface area contributed by atoms with Crippen LogP contribution in [0.4, 0.5) is 0 Å². The molecule has 3 rings (SSSR count). The first-order valence-corrected chi connectivity index (χ1v) is 11.6. The molecule has 0 bridgehead atoms. The zero-order valence-electron chi connectivity index (χ0n) is 16.5. The van der Waals surface area contributed by atoms with Crippen LogP contribution >= 0.6 is 11.5 Å². The quantitative estimate of drug-likeness (QED) is 0.665. The first kappa shape index (κ1) is 20.8. The van der Waals surface area contributed by atoms with E-state index in [0.29, 0.717) is 36.0 Å². The minimum Gasteiger partial charge on any atom is -0.493 e. The summed E-state index contributed by atoms with van der Waals surface area (Å²) in [6, 6.07) is 3.83. The molecule has 0 amide bonds. The average Bonchev–Trinajstić information content (AvgIpc) is 3.18. The van der Waals surface area contributed by atoms with Crippen LogP contribution in [0.3, 0.4) is 0 Å². The molecule has 1 saturated heterocycles. The molecule has 0 N–H and O–H groups in total. The Labute approximate surface area is 169 Å². The van der Waals surface area contributed by atoms with Gasteiger partial charge in [-0.3, -0.25) is 4.90 Å². The number of rotatable bonds is 7. The van der Waals surface area contributed by atoms with Crippen molar-refractivity contribution in [2.75, 3.05) is 40.7 Å². The molecule has 0 spiro atoms. The molecule has 10 heteroatoms. The van der Waals surface area contributed by atoms with Gasteiger partial charge in [0.05, 0.1) is 27.0 Å². The molecule has 1 aromatic carbocycles. The molecule has 1 aliphatic rings. The molecule has 28 heavy (non-hydrogen) atoms. The SMILES string of the molecule is COc1ccc(CN2CCC[C@@H](c3nnsc3S(C)(=O)=O)C2)c(OC)c1OC. The van der Waals surface area contributed by atoms with Crippen LogP contribution in [0.15, 0.2) is 16.3 Å². The third-order valence-electron chi connectivity index (χ3n) is 4.89. The van der Waals surface area contributed by atoms with Gasteiger partial charge in [0.15, 0.2) is 25.5 Å². The lowest BCUT2D eigenvalue weighted by atomic mass is 9.95. The van der Waals surface area contributed by atoms with Gasteiger partial charge in [-0.25, -0.2) is 8.42 Å². The highest BCUT2D eigenvalue weighted by molar-refractivity contribution is 7.92. The largest absolute Gasteiger partial charge is 0.493 e. The summed E-state index contributed by atoms with van der Waals surface area (Å²) in [4.78, 5) is 2.28. The summed E-state index contributed by atoms with van der Waals surface area (Å²) in [5.41, 5.74) is 1.58. The Kier molecular flexibility index (Phi) is 6.41. The van der Waals surface area contributed by atoms with E-state index in [9.17, 15) is 8.42 Å². The van der Waals surface area contributed by atoms with Crippen LogP contribution in [-0.4, -0.2) is 63.6 Å². The summed E-state index contributed by atoms with van der Waals surface area (Å²) in [5.74, 6) is 1.88. The molecule has 1 atom stereocenters. The predicted molar refractivity (Wildman–Crippen MR) is 106 cm³/mol. The van der Waals surface area contributed by atoms with Crippen molar-refractivity contribution >= 4 is 21.4 Å². The van der Waals surface area contributed by atoms with Crippen molar-refractivity contribution in [3.63, 3.8) is 0 Å². The van der Waals surface area contributed by atoms with Crippen LogP contribution in [0.1, 0.15) is 30.0 Å². The number of benzene rings is 1. The second-order valence-corrected chi connectivity index (χ2v) is 9.75. The third-order valence-corrected chi connectivity index (χ3v) is 7.44. The Morgan fingerprint density at radius 1 is 1.18 bits per heavy atom. The molecule has 2 aromatic rings. The summed E-state index contributed by atoms with van der Waals surface area (Å²) in [7, 11) is 1.47. The van der Waals surface area contributed by atoms with Crippen molar-refractivity contribution in [2.45, 2.75) is 29.5 Å². The minimum atomic E-state index is -3.32. The van der Waals surface area contributed by atoms with E-state index in [2.05, 4.69) is 14.5 Å².